The van der Waals surface area contributed by atoms with Gasteiger partial charge in [0, 0.05) is 37.6 Å². The highest BCUT2D eigenvalue weighted by molar-refractivity contribution is 5.96. The van der Waals surface area contributed by atoms with E-state index in [9.17, 15) is 9.59 Å². The Kier molecular flexibility index (Phi) is 7.08. The Morgan fingerprint density at radius 2 is 1.69 bits per heavy atom. The third kappa shape index (κ3) is 5.48. The summed E-state index contributed by atoms with van der Waals surface area (Å²) in [6.45, 7) is 7.02. The maximum atomic E-state index is 12.2. The number of amides is 1. The van der Waals surface area contributed by atoms with Gasteiger partial charge in [-0.25, -0.2) is 4.79 Å². The van der Waals surface area contributed by atoms with Gasteiger partial charge in [0.1, 0.15) is 11.3 Å². The normalized spacial score (nSPS) is 14.3. The average molecular weight is 397 g/mol. The van der Waals surface area contributed by atoms with Gasteiger partial charge in [0.15, 0.2) is 6.61 Å². The van der Waals surface area contributed by atoms with Crippen molar-refractivity contribution < 1.29 is 19.1 Å². The number of methoxy groups -OCH3 is 1. The van der Waals surface area contributed by atoms with Gasteiger partial charge in [-0.05, 0) is 42.9 Å². The summed E-state index contributed by atoms with van der Waals surface area (Å²) >= 11 is 0. The van der Waals surface area contributed by atoms with Gasteiger partial charge in [0.25, 0.3) is 5.91 Å². The maximum Gasteiger partial charge on any atom is 0.342 e. The molecule has 1 heterocycles. The van der Waals surface area contributed by atoms with E-state index in [1.165, 1.54) is 7.11 Å². The number of nitrogens with zero attached hydrogens (tertiary/aromatic N) is 2. The number of carbonyl (C=O) groups is 2. The molecule has 0 spiro atoms. The highest BCUT2D eigenvalue weighted by atomic mass is 16.5. The topological polar surface area (TPSA) is 71.1 Å². The molecule has 1 amide bonds. The number of piperazine rings is 1. The molecule has 29 heavy (non-hydrogen) atoms. The number of benzene rings is 2. The number of nitrogens with one attached hydrogen (secondary N) is 1. The lowest BCUT2D eigenvalue weighted by atomic mass is 10.2. The van der Waals surface area contributed by atoms with Crippen LogP contribution >= 0.6 is 0 Å². The largest absolute Gasteiger partial charge is 0.496 e. The van der Waals surface area contributed by atoms with Crippen LogP contribution in [0, 0.1) is 0 Å². The molecule has 7 heteroatoms. The number of likely N-dealkylation sites (N-methyl/N-ethyl adjacent to an activating group) is 1. The lowest BCUT2D eigenvalue weighted by Gasteiger charge is -2.35. The van der Waals surface area contributed by atoms with Crippen molar-refractivity contribution in [2.75, 3.05) is 56.7 Å². The molecule has 2 aromatic carbocycles. The van der Waals surface area contributed by atoms with Gasteiger partial charge < -0.3 is 24.6 Å². The minimum atomic E-state index is -0.598. The average Bonchev–Trinajstić information content (AvgIpc) is 2.78. The molecule has 0 atom stereocenters. The van der Waals surface area contributed by atoms with Crippen molar-refractivity contribution in [3.63, 3.8) is 0 Å². The van der Waals surface area contributed by atoms with Crippen molar-refractivity contribution >= 4 is 23.3 Å². The van der Waals surface area contributed by atoms with Gasteiger partial charge >= 0.3 is 5.97 Å². The fraction of sp³-hybridized carbons (Fsp3) is 0.364. The Morgan fingerprint density at radius 3 is 2.34 bits per heavy atom. The first kappa shape index (κ1) is 20.7. The van der Waals surface area contributed by atoms with E-state index >= 15 is 0 Å². The lowest BCUT2D eigenvalue weighted by Crippen LogP contribution is -2.46. The van der Waals surface area contributed by atoms with Crippen LogP contribution in [-0.4, -0.2) is 63.2 Å². The van der Waals surface area contributed by atoms with Crippen LogP contribution in [0.4, 0.5) is 11.4 Å². The second-order valence-corrected chi connectivity index (χ2v) is 6.79. The molecule has 1 N–H and O–H groups in total. The predicted molar refractivity (Wildman–Crippen MR) is 113 cm³/mol. The highest BCUT2D eigenvalue weighted by Gasteiger charge is 2.17. The smallest absolute Gasteiger partial charge is 0.342 e. The number of carbonyl (C=O) groups excluding carboxylic acids is 2. The lowest BCUT2D eigenvalue weighted by molar-refractivity contribution is -0.119. The first-order valence-corrected chi connectivity index (χ1v) is 9.78. The molecule has 0 aliphatic carbocycles. The van der Waals surface area contributed by atoms with Crippen molar-refractivity contribution in [1.29, 1.82) is 0 Å². The van der Waals surface area contributed by atoms with Crippen molar-refractivity contribution in [1.82, 2.24) is 4.90 Å². The molecule has 0 radical (unpaired) electrons. The van der Waals surface area contributed by atoms with Gasteiger partial charge in [-0.1, -0.05) is 19.1 Å². The summed E-state index contributed by atoms with van der Waals surface area (Å²) in [7, 11) is 1.48. The van der Waals surface area contributed by atoms with Gasteiger partial charge in [-0.15, -0.1) is 0 Å². The summed E-state index contributed by atoms with van der Waals surface area (Å²) in [4.78, 5) is 29.0. The van der Waals surface area contributed by atoms with Gasteiger partial charge in [0.05, 0.1) is 7.11 Å². The van der Waals surface area contributed by atoms with Crippen LogP contribution in [0.3, 0.4) is 0 Å². The minimum Gasteiger partial charge on any atom is -0.496 e. The van der Waals surface area contributed by atoms with Crippen LogP contribution in [-0.2, 0) is 9.53 Å². The Labute approximate surface area is 171 Å². The van der Waals surface area contributed by atoms with Crippen molar-refractivity contribution in [2.24, 2.45) is 0 Å². The summed E-state index contributed by atoms with van der Waals surface area (Å²) < 4.78 is 10.2. The first-order valence-electron chi connectivity index (χ1n) is 9.78. The zero-order chi connectivity index (χ0) is 20.6. The van der Waals surface area contributed by atoms with Crippen molar-refractivity contribution in [3.05, 3.63) is 54.1 Å². The molecule has 3 rings (SSSR count). The van der Waals surface area contributed by atoms with E-state index < -0.39 is 11.9 Å². The quantitative estimate of drug-likeness (QED) is 0.725. The molecule has 0 aromatic heterocycles. The Balaban J connectivity index is 1.49. The monoisotopic (exact) mass is 397 g/mol. The maximum absolute atomic E-state index is 12.2. The molecule has 1 fully saturated rings. The number of esters is 1. The zero-order valence-corrected chi connectivity index (χ0v) is 16.9. The second-order valence-electron chi connectivity index (χ2n) is 6.79. The molecule has 7 nitrogen and oxygen atoms in total. The first-order chi connectivity index (χ1) is 14.1. The molecule has 0 bridgehead atoms. The van der Waals surface area contributed by atoms with Crippen LogP contribution in [0.5, 0.6) is 5.75 Å². The van der Waals surface area contributed by atoms with E-state index in [0.717, 1.165) is 38.4 Å². The van der Waals surface area contributed by atoms with Crippen molar-refractivity contribution in [3.8, 4) is 5.75 Å². The third-order valence-electron chi connectivity index (χ3n) is 5.00. The van der Waals surface area contributed by atoms with Gasteiger partial charge in [-0.3, -0.25) is 4.79 Å². The Morgan fingerprint density at radius 1 is 1.00 bits per heavy atom. The van der Waals surface area contributed by atoms with Crippen LogP contribution in [0.25, 0.3) is 0 Å². The van der Waals surface area contributed by atoms with E-state index in [0.29, 0.717) is 11.4 Å². The summed E-state index contributed by atoms with van der Waals surface area (Å²) in [5.41, 5.74) is 2.09. The number of hydrogen-bond donors (Lipinski definition) is 1. The molecule has 0 saturated carbocycles. The van der Waals surface area contributed by atoms with Gasteiger partial charge in [0.2, 0.25) is 0 Å². The van der Waals surface area contributed by atoms with Crippen LogP contribution in [0.2, 0.25) is 0 Å². The fourth-order valence-corrected chi connectivity index (χ4v) is 3.30. The Hall–Kier alpha value is -3.06. The molecular formula is C22H27N3O4. The summed E-state index contributed by atoms with van der Waals surface area (Å²) in [6, 6.07) is 14.5. The standard InChI is InChI=1S/C22H27N3O4/c1-3-24-12-14-25(15-13-24)18-10-8-17(9-11-18)23-21(26)16-29-22(27)19-6-4-5-7-20(19)28-2/h4-11H,3,12-16H2,1-2H3,(H,23,26). The molecule has 1 saturated heterocycles. The van der Waals surface area contributed by atoms with Crippen LogP contribution in [0.1, 0.15) is 17.3 Å². The molecular weight excluding hydrogens is 370 g/mol. The molecule has 154 valence electrons. The summed E-state index contributed by atoms with van der Waals surface area (Å²) in [6.07, 6.45) is 0. The van der Waals surface area contributed by atoms with E-state index in [4.69, 9.17) is 9.47 Å². The van der Waals surface area contributed by atoms with Crippen LogP contribution < -0.4 is 15.0 Å². The summed E-state index contributed by atoms with van der Waals surface area (Å²) in [5, 5.41) is 2.75. The minimum absolute atomic E-state index is 0.287. The third-order valence-corrected chi connectivity index (χ3v) is 5.00. The molecule has 0 unspecified atom stereocenters. The summed E-state index contributed by atoms with van der Waals surface area (Å²) in [5.74, 6) is -0.579. The van der Waals surface area contributed by atoms with Crippen molar-refractivity contribution in [2.45, 2.75) is 6.92 Å². The SMILES string of the molecule is CCN1CCN(c2ccc(NC(=O)COC(=O)c3ccccc3OC)cc2)CC1. The predicted octanol–water partition coefficient (Wildman–Crippen LogP) is 2.63. The van der Waals surface area contributed by atoms with E-state index in [1.54, 1.807) is 24.3 Å². The van der Waals surface area contributed by atoms with E-state index in [2.05, 4.69) is 22.0 Å². The number of hydrogen-bond acceptors (Lipinski definition) is 6. The second kappa shape index (κ2) is 9.93. The molecule has 2 aromatic rings. The Bertz CT molecular complexity index is 830. The van der Waals surface area contributed by atoms with E-state index in [-0.39, 0.29) is 12.2 Å². The molecule has 1 aliphatic heterocycles. The number of anilines is 2. The zero-order valence-electron chi connectivity index (χ0n) is 16.9. The van der Waals surface area contributed by atoms with Crippen LogP contribution in [0.15, 0.2) is 48.5 Å². The fourth-order valence-electron chi connectivity index (χ4n) is 3.30. The highest BCUT2D eigenvalue weighted by Crippen LogP contribution is 2.20. The molecule has 1 aliphatic rings. The number of ether oxygens (including phenoxy) is 2. The van der Waals surface area contributed by atoms with E-state index in [1.807, 2.05) is 24.3 Å². The van der Waals surface area contributed by atoms with Gasteiger partial charge in [-0.2, -0.15) is 0 Å². The number of rotatable bonds is 7. The number of para-hydroxylation sites is 1.